The predicted molar refractivity (Wildman–Crippen MR) is 75.0 cm³/mol. The van der Waals surface area contributed by atoms with E-state index in [0.717, 1.165) is 0 Å². The number of benzene rings is 1. The highest BCUT2D eigenvalue weighted by molar-refractivity contribution is 5.97. The molecule has 112 valence electrons. The van der Waals surface area contributed by atoms with Crippen LogP contribution in [0.4, 0.5) is 4.79 Å². The largest absolute Gasteiger partial charge is 0.497 e. The summed E-state index contributed by atoms with van der Waals surface area (Å²) in [7, 11) is 1.47. The van der Waals surface area contributed by atoms with E-state index < -0.39 is 24.5 Å². The van der Waals surface area contributed by atoms with Gasteiger partial charge in [-0.25, -0.2) is 9.59 Å². The van der Waals surface area contributed by atoms with Crippen LogP contribution in [0.1, 0.15) is 10.4 Å². The molecule has 21 heavy (non-hydrogen) atoms. The summed E-state index contributed by atoms with van der Waals surface area (Å²) in [6.07, 6.45) is 1.47. The third kappa shape index (κ3) is 5.77. The van der Waals surface area contributed by atoms with E-state index in [0.29, 0.717) is 5.75 Å². The van der Waals surface area contributed by atoms with Crippen molar-refractivity contribution in [2.24, 2.45) is 0 Å². The molecular weight excluding hydrogens is 276 g/mol. The summed E-state index contributed by atoms with van der Waals surface area (Å²) in [5.41, 5.74) is 0.248. The summed E-state index contributed by atoms with van der Waals surface area (Å²) in [5.74, 6) is -0.916. The van der Waals surface area contributed by atoms with E-state index in [4.69, 9.17) is 9.47 Å². The van der Waals surface area contributed by atoms with Gasteiger partial charge in [-0.3, -0.25) is 10.1 Å². The molecule has 1 rings (SSSR count). The molecule has 0 aliphatic heterocycles. The molecule has 0 bridgehead atoms. The van der Waals surface area contributed by atoms with Gasteiger partial charge >= 0.3 is 12.0 Å². The number of ether oxygens (including phenoxy) is 2. The third-order valence-electron chi connectivity index (χ3n) is 2.30. The second-order valence-electron chi connectivity index (χ2n) is 3.85. The number of hydrogen-bond acceptors (Lipinski definition) is 5. The molecule has 3 amide bonds. The fourth-order valence-corrected chi connectivity index (χ4v) is 1.34. The second kappa shape index (κ2) is 8.36. The molecule has 0 unspecified atom stereocenters. The Morgan fingerprint density at radius 2 is 2.10 bits per heavy atom. The van der Waals surface area contributed by atoms with Gasteiger partial charge in [0.25, 0.3) is 5.91 Å². The molecule has 0 heterocycles. The average molecular weight is 292 g/mol. The monoisotopic (exact) mass is 292 g/mol. The predicted octanol–water partition coefficient (Wildman–Crippen LogP) is 0.864. The molecule has 7 nitrogen and oxygen atoms in total. The molecule has 0 atom stereocenters. The van der Waals surface area contributed by atoms with Gasteiger partial charge in [0.2, 0.25) is 0 Å². The Kier molecular flexibility index (Phi) is 6.46. The Morgan fingerprint density at radius 3 is 2.76 bits per heavy atom. The lowest BCUT2D eigenvalue weighted by Gasteiger charge is -2.07. The van der Waals surface area contributed by atoms with Crippen molar-refractivity contribution in [2.75, 3.05) is 20.3 Å². The van der Waals surface area contributed by atoms with Crippen molar-refractivity contribution in [1.29, 1.82) is 0 Å². The van der Waals surface area contributed by atoms with Crippen molar-refractivity contribution in [3.05, 3.63) is 42.5 Å². The fraction of sp³-hybridized carbons (Fsp3) is 0.214. The number of esters is 1. The van der Waals surface area contributed by atoms with Crippen LogP contribution >= 0.6 is 0 Å². The molecule has 1 aromatic carbocycles. The van der Waals surface area contributed by atoms with Crippen molar-refractivity contribution < 1.29 is 23.9 Å². The first-order chi connectivity index (χ1) is 10.1. The Labute approximate surface area is 121 Å². The van der Waals surface area contributed by atoms with E-state index in [2.05, 4.69) is 11.9 Å². The maximum absolute atomic E-state index is 11.7. The zero-order valence-corrected chi connectivity index (χ0v) is 11.5. The standard InChI is InChI=1S/C14H16N2O5/c1-3-7-15-14(19)16-12(17)9-21-13(18)10-5-4-6-11(8-10)20-2/h3-6,8H,1,7,9H2,2H3,(H2,15,16,17,19). The lowest BCUT2D eigenvalue weighted by molar-refractivity contribution is -0.123. The van der Waals surface area contributed by atoms with Crippen LogP contribution in [-0.4, -0.2) is 38.2 Å². The molecule has 2 N–H and O–H groups in total. The van der Waals surface area contributed by atoms with Crippen molar-refractivity contribution in [3.8, 4) is 5.75 Å². The highest BCUT2D eigenvalue weighted by Crippen LogP contribution is 2.13. The number of urea groups is 1. The van der Waals surface area contributed by atoms with Crippen LogP contribution in [0.25, 0.3) is 0 Å². The topological polar surface area (TPSA) is 93.7 Å². The van der Waals surface area contributed by atoms with Crippen LogP contribution in [0, 0.1) is 0 Å². The Hall–Kier alpha value is -2.83. The zero-order valence-electron chi connectivity index (χ0n) is 11.5. The zero-order chi connectivity index (χ0) is 15.7. The van der Waals surface area contributed by atoms with Crippen LogP contribution in [0.5, 0.6) is 5.75 Å². The van der Waals surface area contributed by atoms with Crippen molar-refractivity contribution in [3.63, 3.8) is 0 Å². The number of carbonyl (C=O) groups excluding carboxylic acids is 3. The molecule has 0 fully saturated rings. The highest BCUT2D eigenvalue weighted by Gasteiger charge is 2.12. The van der Waals surface area contributed by atoms with E-state index in [1.54, 1.807) is 12.1 Å². The van der Waals surface area contributed by atoms with Gasteiger partial charge < -0.3 is 14.8 Å². The minimum Gasteiger partial charge on any atom is -0.497 e. The van der Waals surface area contributed by atoms with Crippen molar-refractivity contribution in [2.45, 2.75) is 0 Å². The smallest absolute Gasteiger partial charge is 0.338 e. The van der Waals surface area contributed by atoms with Gasteiger partial charge in [0.1, 0.15) is 5.75 Å². The van der Waals surface area contributed by atoms with Crippen molar-refractivity contribution >= 4 is 17.9 Å². The SMILES string of the molecule is C=CCNC(=O)NC(=O)COC(=O)c1cccc(OC)c1. The number of hydrogen-bond donors (Lipinski definition) is 2. The van der Waals surface area contributed by atoms with Gasteiger partial charge in [-0.05, 0) is 18.2 Å². The first-order valence-electron chi connectivity index (χ1n) is 6.06. The van der Waals surface area contributed by atoms with E-state index in [-0.39, 0.29) is 12.1 Å². The lowest BCUT2D eigenvalue weighted by Crippen LogP contribution is -2.41. The van der Waals surface area contributed by atoms with Crippen LogP contribution in [0.2, 0.25) is 0 Å². The van der Waals surface area contributed by atoms with Crippen LogP contribution < -0.4 is 15.4 Å². The fourth-order valence-electron chi connectivity index (χ4n) is 1.34. The molecule has 7 heteroatoms. The molecule has 0 saturated heterocycles. The third-order valence-corrected chi connectivity index (χ3v) is 2.30. The molecule has 0 aromatic heterocycles. The van der Waals surface area contributed by atoms with Gasteiger partial charge in [-0.1, -0.05) is 12.1 Å². The quantitative estimate of drug-likeness (QED) is 0.599. The second-order valence-corrected chi connectivity index (χ2v) is 3.85. The Balaban J connectivity index is 2.43. The summed E-state index contributed by atoms with van der Waals surface area (Å²) in [6, 6.07) is 5.62. The number of rotatable bonds is 6. The Bertz CT molecular complexity index is 542. The normalized spacial score (nSPS) is 9.38. The summed E-state index contributed by atoms with van der Waals surface area (Å²) in [4.78, 5) is 34.2. The summed E-state index contributed by atoms with van der Waals surface area (Å²) in [5, 5.41) is 4.36. The number of carbonyl (C=O) groups is 3. The van der Waals surface area contributed by atoms with Crippen LogP contribution in [-0.2, 0) is 9.53 Å². The van der Waals surface area contributed by atoms with E-state index in [9.17, 15) is 14.4 Å². The summed E-state index contributed by atoms with van der Waals surface area (Å²) < 4.78 is 9.76. The van der Waals surface area contributed by atoms with Crippen LogP contribution in [0.3, 0.4) is 0 Å². The van der Waals surface area contributed by atoms with Crippen LogP contribution in [0.15, 0.2) is 36.9 Å². The molecule has 0 aliphatic rings. The number of imide groups is 1. The molecule has 0 spiro atoms. The summed E-state index contributed by atoms with van der Waals surface area (Å²) >= 11 is 0. The minimum atomic E-state index is -0.729. The van der Waals surface area contributed by atoms with E-state index in [1.165, 1.54) is 25.3 Å². The number of methoxy groups -OCH3 is 1. The van der Waals surface area contributed by atoms with Crippen molar-refractivity contribution in [1.82, 2.24) is 10.6 Å². The van der Waals surface area contributed by atoms with Gasteiger partial charge in [-0.2, -0.15) is 0 Å². The van der Waals surface area contributed by atoms with E-state index in [1.807, 2.05) is 5.32 Å². The molecule has 0 saturated carbocycles. The highest BCUT2D eigenvalue weighted by atomic mass is 16.5. The molecule has 0 aliphatic carbocycles. The van der Waals surface area contributed by atoms with Gasteiger partial charge in [0.15, 0.2) is 6.61 Å². The average Bonchev–Trinajstić information content (AvgIpc) is 2.50. The van der Waals surface area contributed by atoms with Gasteiger partial charge in [-0.15, -0.1) is 6.58 Å². The minimum absolute atomic E-state index is 0.225. The van der Waals surface area contributed by atoms with Gasteiger partial charge in [0, 0.05) is 6.54 Å². The molecule has 0 radical (unpaired) electrons. The first-order valence-corrected chi connectivity index (χ1v) is 6.06. The maximum Gasteiger partial charge on any atom is 0.338 e. The van der Waals surface area contributed by atoms with E-state index >= 15 is 0 Å². The number of nitrogens with one attached hydrogen (secondary N) is 2. The maximum atomic E-state index is 11.7. The Morgan fingerprint density at radius 1 is 1.33 bits per heavy atom. The number of amides is 3. The lowest BCUT2D eigenvalue weighted by atomic mass is 10.2. The molecular formula is C14H16N2O5. The molecule has 1 aromatic rings. The summed E-state index contributed by atoms with van der Waals surface area (Å²) in [6.45, 7) is 3.08. The first kappa shape index (κ1) is 16.2. The van der Waals surface area contributed by atoms with Gasteiger partial charge in [0.05, 0.1) is 12.7 Å².